The fourth-order valence-electron chi connectivity index (χ4n) is 4.58. The molecule has 0 unspecified atom stereocenters. The Morgan fingerprint density at radius 3 is 2.47 bits per heavy atom. The highest BCUT2D eigenvalue weighted by Gasteiger charge is 2.38. The maximum atomic E-state index is 6.13. The number of hydrogen-bond acceptors (Lipinski definition) is 4. The van der Waals surface area contributed by atoms with Gasteiger partial charge in [-0.2, -0.15) is 0 Å². The van der Waals surface area contributed by atoms with E-state index in [1.807, 2.05) is 38.1 Å². The third-order valence-electron chi connectivity index (χ3n) is 6.10. The van der Waals surface area contributed by atoms with Crippen molar-refractivity contribution in [2.24, 2.45) is 0 Å². The molecule has 1 aliphatic heterocycles. The molecule has 0 saturated carbocycles. The molecule has 1 fully saturated rings. The first-order valence-corrected chi connectivity index (χ1v) is 11.2. The number of nitrogens with zero attached hydrogens (tertiary/aromatic N) is 3. The van der Waals surface area contributed by atoms with Crippen LogP contribution in [0, 0.1) is 0 Å². The van der Waals surface area contributed by atoms with Gasteiger partial charge in [-0.3, -0.25) is 4.40 Å². The molecule has 0 N–H and O–H groups in total. The number of rotatable bonds is 3. The first-order chi connectivity index (χ1) is 16.5. The number of fused-ring (bicyclic) bond motifs is 8. The van der Waals surface area contributed by atoms with Crippen molar-refractivity contribution in [3.63, 3.8) is 0 Å². The van der Waals surface area contributed by atoms with Gasteiger partial charge in [0.1, 0.15) is 5.65 Å². The molecule has 1 saturated heterocycles. The predicted octanol–water partition coefficient (Wildman–Crippen LogP) is 5.80. The molecule has 0 aliphatic carbocycles. The second-order valence-electron chi connectivity index (χ2n) is 8.82. The quantitative estimate of drug-likeness (QED) is 0.199. The van der Waals surface area contributed by atoms with Crippen molar-refractivity contribution in [3.05, 3.63) is 86.1 Å². The summed E-state index contributed by atoms with van der Waals surface area (Å²) in [4.78, 5) is 9.93. The van der Waals surface area contributed by atoms with Crippen LogP contribution in [0.1, 0.15) is 25.1 Å². The van der Waals surface area contributed by atoms with Crippen molar-refractivity contribution in [1.29, 1.82) is 0 Å². The number of para-hydroxylation sites is 2. The molecule has 0 radical (unpaired) electrons. The van der Waals surface area contributed by atoms with Crippen LogP contribution in [0.2, 0.25) is 0 Å². The summed E-state index contributed by atoms with van der Waals surface area (Å²) < 4.78 is 14.3. The normalized spacial score (nSPS) is 15.1. The van der Waals surface area contributed by atoms with Crippen LogP contribution in [0.25, 0.3) is 50.6 Å². The largest absolute Gasteiger partial charge is 0.494 e. The van der Waals surface area contributed by atoms with Gasteiger partial charge in [-0.1, -0.05) is 43.5 Å². The standard InChI is InChI=1S/C26H22BN3O2.C2H4/c1-5-16-13-19-24(28-20(16)6-2)18-12-11-17(27-31-15-26(3,4)32-27)14-23(18)30-22-10-8-7-9-21(22)29-25(19)30;1-2/h5-14H,1-2,15H2,3-4H3;1-2H2. The summed E-state index contributed by atoms with van der Waals surface area (Å²) in [6, 6.07) is 16.6. The van der Waals surface area contributed by atoms with Gasteiger partial charge >= 0.3 is 7.12 Å². The molecule has 5 aromatic rings. The van der Waals surface area contributed by atoms with Gasteiger partial charge in [0.2, 0.25) is 0 Å². The van der Waals surface area contributed by atoms with Crippen molar-refractivity contribution in [1.82, 2.24) is 14.4 Å². The molecule has 3 aromatic heterocycles. The molecule has 5 nitrogen and oxygen atoms in total. The minimum absolute atomic E-state index is 0.304. The van der Waals surface area contributed by atoms with E-state index in [9.17, 15) is 0 Å². The van der Waals surface area contributed by atoms with E-state index in [-0.39, 0.29) is 5.60 Å². The maximum absolute atomic E-state index is 6.13. The third kappa shape index (κ3) is 3.34. The molecular weight excluding hydrogens is 421 g/mol. The average Bonchev–Trinajstić information content (AvgIpc) is 3.44. The van der Waals surface area contributed by atoms with Gasteiger partial charge in [0.25, 0.3) is 0 Å². The zero-order chi connectivity index (χ0) is 24.0. The van der Waals surface area contributed by atoms with Crippen molar-refractivity contribution >= 4 is 63.2 Å². The van der Waals surface area contributed by atoms with Crippen LogP contribution in [0.4, 0.5) is 0 Å². The molecular formula is C28H26BN3O2. The smallest absolute Gasteiger partial charge is 0.404 e. The Balaban J connectivity index is 0.00000117. The molecule has 6 heteroatoms. The lowest BCUT2D eigenvalue weighted by atomic mass is 9.78. The Morgan fingerprint density at radius 1 is 0.971 bits per heavy atom. The molecule has 2 aromatic carbocycles. The SMILES string of the molecule is C=C.C=Cc1cc2c(nc1C=C)c1ccc(B3OCC(C)(C)O3)cc1n1c3ccccc3nc21. The van der Waals surface area contributed by atoms with Gasteiger partial charge in [-0.25, -0.2) is 9.97 Å². The lowest BCUT2D eigenvalue weighted by Crippen LogP contribution is -2.34. The number of imidazole rings is 1. The van der Waals surface area contributed by atoms with Gasteiger partial charge in [0.15, 0.2) is 0 Å². The van der Waals surface area contributed by atoms with Crippen molar-refractivity contribution in [2.75, 3.05) is 6.61 Å². The van der Waals surface area contributed by atoms with Crippen LogP contribution in [0.15, 0.2) is 74.8 Å². The third-order valence-corrected chi connectivity index (χ3v) is 6.10. The number of pyridine rings is 2. The molecule has 0 amide bonds. The van der Waals surface area contributed by atoms with Crippen LogP contribution in [0.3, 0.4) is 0 Å². The van der Waals surface area contributed by atoms with E-state index >= 15 is 0 Å². The molecule has 168 valence electrons. The summed E-state index contributed by atoms with van der Waals surface area (Å²) in [6.07, 6.45) is 3.58. The fourth-order valence-corrected chi connectivity index (χ4v) is 4.58. The maximum Gasteiger partial charge on any atom is 0.494 e. The van der Waals surface area contributed by atoms with Crippen LogP contribution >= 0.6 is 0 Å². The van der Waals surface area contributed by atoms with Crippen molar-refractivity contribution in [3.8, 4) is 0 Å². The summed E-state index contributed by atoms with van der Waals surface area (Å²) in [5.41, 5.74) is 7.19. The minimum Gasteiger partial charge on any atom is -0.404 e. The van der Waals surface area contributed by atoms with E-state index in [1.54, 1.807) is 6.08 Å². The first kappa shape index (κ1) is 22.1. The van der Waals surface area contributed by atoms with Crippen LogP contribution in [-0.4, -0.2) is 33.7 Å². The Bertz CT molecular complexity index is 1600. The number of hydrogen-bond donors (Lipinski definition) is 0. The van der Waals surface area contributed by atoms with E-state index in [0.717, 1.165) is 55.2 Å². The monoisotopic (exact) mass is 447 g/mol. The Kier molecular flexibility index (Phi) is 5.35. The fraction of sp³-hybridized carbons (Fsp3) is 0.143. The molecule has 6 rings (SSSR count). The Morgan fingerprint density at radius 2 is 1.76 bits per heavy atom. The summed E-state index contributed by atoms with van der Waals surface area (Å²) in [5.74, 6) is 0. The van der Waals surface area contributed by atoms with Crippen LogP contribution in [0.5, 0.6) is 0 Å². The molecule has 0 bridgehead atoms. The second-order valence-corrected chi connectivity index (χ2v) is 8.82. The predicted molar refractivity (Wildman–Crippen MR) is 143 cm³/mol. The van der Waals surface area contributed by atoms with Crippen molar-refractivity contribution < 1.29 is 9.31 Å². The number of aromatic nitrogens is 3. The molecule has 1 aliphatic rings. The van der Waals surface area contributed by atoms with Crippen molar-refractivity contribution in [2.45, 2.75) is 19.4 Å². The van der Waals surface area contributed by atoms with Gasteiger partial charge in [0, 0.05) is 16.3 Å². The van der Waals surface area contributed by atoms with Gasteiger partial charge in [-0.05, 0) is 49.7 Å². The molecule has 0 spiro atoms. The van der Waals surface area contributed by atoms with E-state index in [1.165, 1.54) is 0 Å². The molecule has 0 atom stereocenters. The van der Waals surface area contributed by atoms with Gasteiger partial charge < -0.3 is 9.31 Å². The first-order valence-electron chi connectivity index (χ1n) is 11.2. The topological polar surface area (TPSA) is 48.7 Å². The zero-order valence-electron chi connectivity index (χ0n) is 19.5. The molecule has 34 heavy (non-hydrogen) atoms. The van der Waals surface area contributed by atoms with Gasteiger partial charge in [0.05, 0.1) is 40.0 Å². The summed E-state index contributed by atoms with van der Waals surface area (Å²) in [7, 11) is -0.394. The second kappa shape index (κ2) is 8.24. The Labute approximate surface area is 199 Å². The lowest BCUT2D eigenvalue weighted by Gasteiger charge is -2.16. The summed E-state index contributed by atoms with van der Waals surface area (Å²) >= 11 is 0. The summed E-state index contributed by atoms with van der Waals surface area (Å²) in [5, 5.41) is 2.02. The average molecular weight is 447 g/mol. The minimum atomic E-state index is -0.394. The van der Waals surface area contributed by atoms with Gasteiger partial charge in [-0.15, -0.1) is 13.2 Å². The van der Waals surface area contributed by atoms with Crippen LogP contribution < -0.4 is 5.46 Å². The highest BCUT2D eigenvalue weighted by atomic mass is 16.7. The van der Waals surface area contributed by atoms with E-state index in [4.69, 9.17) is 19.3 Å². The van der Waals surface area contributed by atoms with E-state index in [2.05, 4.69) is 61.0 Å². The highest BCUT2D eigenvalue weighted by molar-refractivity contribution is 6.62. The lowest BCUT2D eigenvalue weighted by molar-refractivity contribution is 0.137. The number of benzene rings is 2. The van der Waals surface area contributed by atoms with Crippen LogP contribution in [-0.2, 0) is 9.31 Å². The zero-order valence-corrected chi connectivity index (χ0v) is 19.5. The van der Waals surface area contributed by atoms with E-state index in [0.29, 0.717) is 6.61 Å². The Hall–Kier alpha value is -3.74. The molecule has 4 heterocycles. The van der Waals surface area contributed by atoms with E-state index < -0.39 is 7.12 Å². The highest BCUT2D eigenvalue weighted by Crippen LogP contribution is 2.33. The summed E-state index contributed by atoms with van der Waals surface area (Å²) in [6.45, 7) is 18.5.